The zero-order valence-electron chi connectivity index (χ0n) is 39.1. The number of anilines is 6. The van der Waals surface area contributed by atoms with Gasteiger partial charge in [0.15, 0.2) is 11.2 Å². The molecule has 0 spiro atoms. The van der Waals surface area contributed by atoms with Crippen LogP contribution >= 0.6 is 0 Å². The van der Waals surface area contributed by atoms with E-state index in [1.54, 1.807) is 0 Å². The van der Waals surface area contributed by atoms with Gasteiger partial charge in [0.05, 0.1) is 11.4 Å². The van der Waals surface area contributed by atoms with Crippen LogP contribution in [0.15, 0.2) is 276 Å². The van der Waals surface area contributed by atoms with E-state index in [1.807, 2.05) is 0 Å². The summed E-state index contributed by atoms with van der Waals surface area (Å²) in [5.74, 6) is 0. The van der Waals surface area contributed by atoms with Crippen LogP contribution in [0.1, 0.15) is 0 Å². The van der Waals surface area contributed by atoms with Crippen molar-refractivity contribution in [3.05, 3.63) is 267 Å². The van der Waals surface area contributed by atoms with Gasteiger partial charge in [-0.05, 0) is 117 Å². The average Bonchev–Trinajstić information content (AvgIpc) is 4.04. The van der Waals surface area contributed by atoms with Crippen LogP contribution in [0.5, 0.6) is 0 Å². The fourth-order valence-corrected chi connectivity index (χ4v) is 10.7. The van der Waals surface area contributed by atoms with Gasteiger partial charge >= 0.3 is 0 Å². The van der Waals surface area contributed by atoms with Gasteiger partial charge in [-0.1, -0.05) is 194 Å². The van der Waals surface area contributed by atoms with Crippen molar-refractivity contribution < 1.29 is 8.83 Å². The Kier molecular flexibility index (Phi) is 9.82. The molecule has 0 radical (unpaired) electrons. The van der Waals surface area contributed by atoms with E-state index in [1.165, 1.54) is 21.5 Å². The fourth-order valence-electron chi connectivity index (χ4n) is 10.7. The molecular formula is C68H44N2O2. The van der Waals surface area contributed by atoms with Crippen molar-refractivity contribution in [3.63, 3.8) is 0 Å². The van der Waals surface area contributed by atoms with Crippen LogP contribution in [0.4, 0.5) is 34.1 Å². The standard InChI is InChI=1S/C68H44N2O2/c1-3-19-53(20-4-1)69(63-29-13-27-61-59-25-11-23-57(65(59)71-67(61)63)51-33-31-45-15-7-9-17-49(45)43-51)55-39-35-47(36-40-55)48-37-41-56(42-38-48)70(54-21-5-2-6-22-54)64-30-14-28-62-60-26-12-24-58(66(60)72-68(62)64)52-34-32-46-16-8-10-18-50(46)44-52/h1-44H. The lowest BCUT2D eigenvalue weighted by Crippen LogP contribution is -2.10. The first-order valence-electron chi connectivity index (χ1n) is 24.5. The summed E-state index contributed by atoms with van der Waals surface area (Å²) in [6.07, 6.45) is 0. The summed E-state index contributed by atoms with van der Waals surface area (Å²) in [6, 6.07) is 95.0. The first-order valence-corrected chi connectivity index (χ1v) is 24.5. The Morgan fingerprint density at radius 3 is 0.972 bits per heavy atom. The summed E-state index contributed by atoms with van der Waals surface area (Å²) in [4.78, 5) is 4.60. The molecule has 0 aliphatic rings. The van der Waals surface area contributed by atoms with Crippen LogP contribution in [0.25, 0.3) is 98.8 Å². The molecule has 0 aliphatic carbocycles. The lowest BCUT2D eigenvalue weighted by atomic mass is 9.99. The van der Waals surface area contributed by atoms with Crippen molar-refractivity contribution in [3.8, 4) is 33.4 Å². The molecule has 4 nitrogen and oxygen atoms in total. The van der Waals surface area contributed by atoms with Crippen molar-refractivity contribution in [1.29, 1.82) is 0 Å². The highest BCUT2D eigenvalue weighted by Gasteiger charge is 2.23. The smallest absolute Gasteiger partial charge is 0.159 e. The molecule has 0 unspecified atom stereocenters. The van der Waals surface area contributed by atoms with Crippen molar-refractivity contribution in [2.24, 2.45) is 0 Å². The van der Waals surface area contributed by atoms with Crippen LogP contribution in [0.3, 0.4) is 0 Å². The first-order chi connectivity index (χ1) is 35.7. The molecule has 0 aliphatic heterocycles. The van der Waals surface area contributed by atoms with E-state index in [0.717, 1.165) is 111 Å². The van der Waals surface area contributed by atoms with Crippen LogP contribution in [0, 0.1) is 0 Å². The highest BCUT2D eigenvalue weighted by atomic mass is 16.3. The minimum atomic E-state index is 0.843. The zero-order chi connectivity index (χ0) is 47.5. The van der Waals surface area contributed by atoms with Gasteiger partial charge in [-0.2, -0.15) is 0 Å². The van der Waals surface area contributed by atoms with E-state index in [0.29, 0.717) is 0 Å². The maximum atomic E-state index is 7.02. The first kappa shape index (κ1) is 41.3. The van der Waals surface area contributed by atoms with E-state index in [-0.39, 0.29) is 0 Å². The number of benzene rings is 12. The zero-order valence-corrected chi connectivity index (χ0v) is 39.1. The maximum absolute atomic E-state index is 7.02. The second-order valence-electron chi connectivity index (χ2n) is 18.4. The molecule has 2 aromatic heterocycles. The normalized spacial score (nSPS) is 11.6. The summed E-state index contributed by atoms with van der Waals surface area (Å²) in [5.41, 5.74) is 16.2. The molecule has 0 saturated heterocycles. The molecule has 12 aromatic carbocycles. The van der Waals surface area contributed by atoms with Gasteiger partial charge in [0, 0.05) is 55.4 Å². The van der Waals surface area contributed by atoms with Gasteiger partial charge in [0.25, 0.3) is 0 Å². The number of fused-ring (bicyclic) bond motifs is 8. The molecule has 4 heteroatoms. The van der Waals surface area contributed by atoms with Crippen LogP contribution < -0.4 is 9.80 Å². The van der Waals surface area contributed by atoms with Crippen molar-refractivity contribution in [2.45, 2.75) is 0 Å². The molecule has 14 aromatic rings. The Morgan fingerprint density at radius 2 is 0.556 bits per heavy atom. The van der Waals surface area contributed by atoms with Gasteiger partial charge in [0.1, 0.15) is 11.2 Å². The van der Waals surface area contributed by atoms with Gasteiger partial charge in [0.2, 0.25) is 0 Å². The quantitative estimate of drug-likeness (QED) is 0.144. The lowest BCUT2D eigenvalue weighted by Gasteiger charge is -2.26. The topological polar surface area (TPSA) is 32.8 Å². The van der Waals surface area contributed by atoms with Crippen LogP contribution in [-0.4, -0.2) is 0 Å². The summed E-state index contributed by atoms with van der Waals surface area (Å²) in [6.45, 7) is 0. The lowest BCUT2D eigenvalue weighted by molar-refractivity contribution is 0.670. The molecule has 2 heterocycles. The Labute approximate surface area is 416 Å². The summed E-state index contributed by atoms with van der Waals surface area (Å²) in [5, 5.41) is 9.19. The van der Waals surface area contributed by atoms with E-state index >= 15 is 0 Å². The predicted molar refractivity (Wildman–Crippen MR) is 302 cm³/mol. The third-order valence-corrected chi connectivity index (χ3v) is 14.2. The predicted octanol–water partition coefficient (Wildman–Crippen LogP) is 19.7. The molecular weight excluding hydrogens is 877 g/mol. The highest BCUT2D eigenvalue weighted by molar-refractivity contribution is 6.15. The molecule has 0 atom stereocenters. The second kappa shape index (κ2) is 17.1. The SMILES string of the molecule is c1ccc(N(c2ccc(-c3ccc(N(c4ccccc4)c4cccc5c4oc4c(-c6ccc7ccccc7c6)cccc45)cc3)cc2)c2cccc3c2oc2c(-c4ccc5ccccc5c4)cccc23)cc1. The molecule has 0 amide bonds. The molecule has 72 heavy (non-hydrogen) atoms. The Morgan fingerprint density at radius 1 is 0.222 bits per heavy atom. The maximum Gasteiger partial charge on any atom is 0.159 e. The molecule has 0 N–H and O–H groups in total. The Balaban J connectivity index is 0.824. The molecule has 0 saturated carbocycles. The summed E-state index contributed by atoms with van der Waals surface area (Å²) >= 11 is 0. The third-order valence-electron chi connectivity index (χ3n) is 14.2. The third kappa shape index (κ3) is 7.00. The number of hydrogen-bond donors (Lipinski definition) is 0. The van der Waals surface area contributed by atoms with Gasteiger partial charge in [-0.25, -0.2) is 0 Å². The fraction of sp³-hybridized carbons (Fsp3) is 0. The highest BCUT2D eigenvalue weighted by Crippen LogP contribution is 2.47. The molecule has 0 bridgehead atoms. The van der Waals surface area contributed by atoms with E-state index in [4.69, 9.17) is 8.83 Å². The van der Waals surface area contributed by atoms with E-state index in [9.17, 15) is 0 Å². The number of rotatable bonds is 9. The molecule has 338 valence electrons. The minimum absolute atomic E-state index is 0.843. The summed E-state index contributed by atoms with van der Waals surface area (Å²) in [7, 11) is 0. The van der Waals surface area contributed by atoms with Gasteiger partial charge < -0.3 is 18.6 Å². The largest absolute Gasteiger partial charge is 0.453 e. The van der Waals surface area contributed by atoms with E-state index in [2.05, 4.69) is 277 Å². The van der Waals surface area contributed by atoms with Gasteiger partial charge in [-0.3, -0.25) is 0 Å². The second-order valence-corrected chi connectivity index (χ2v) is 18.4. The van der Waals surface area contributed by atoms with Crippen molar-refractivity contribution in [1.82, 2.24) is 0 Å². The monoisotopic (exact) mass is 920 g/mol. The Bertz CT molecular complexity index is 4040. The van der Waals surface area contributed by atoms with Gasteiger partial charge in [-0.15, -0.1) is 0 Å². The summed E-state index contributed by atoms with van der Waals surface area (Å²) < 4.78 is 14.0. The average molecular weight is 921 g/mol. The number of nitrogens with zero attached hydrogens (tertiary/aromatic N) is 2. The minimum Gasteiger partial charge on any atom is -0.453 e. The number of para-hydroxylation sites is 6. The number of hydrogen-bond acceptors (Lipinski definition) is 4. The van der Waals surface area contributed by atoms with Crippen LogP contribution in [-0.2, 0) is 0 Å². The molecule has 0 fully saturated rings. The van der Waals surface area contributed by atoms with E-state index < -0.39 is 0 Å². The van der Waals surface area contributed by atoms with Crippen molar-refractivity contribution >= 4 is 99.5 Å². The molecule has 14 rings (SSSR count). The number of furan rings is 2. The van der Waals surface area contributed by atoms with Crippen molar-refractivity contribution in [2.75, 3.05) is 9.80 Å². The Hall–Kier alpha value is -9.64. The van der Waals surface area contributed by atoms with Crippen LogP contribution in [0.2, 0.25) is 0 Å².